The lowest BCUT2D eigenvalue weighted by Crippen LogP contribution is -2.59. The van der Waals surface area contributed by atoms with Gasteiger partial charge in [0.25, 0.3) is 0 Å². The predicted octanol–water partition coefficient (Wildman–Crippen LogP) is -5.38. The van der Waals surface area contributed by atoms with Crippen LogP contribution >= 0.6 is 0 Å². The summed E-state index contributed by atoms with van der Waals surface area (Å²) in [5.74, 6) is -6.69. The maximum atomic E-state index is 12.8. The number of aliphatic hydroxyl groups is 1. The summed E-state index contributed by atoms with van der Waals surface area (Å²) in [4.78, 5) is 83.5. The van der Waals surface area contributed by atoms with Gasteiger partial charge in [-0.05, 0) is 39.2 Å². The molecule has 17 heteroatoms. The van der Waals surface area contributed by atoms with Crippen LogP contribution in [0, 0.1) is 0 Å². The van der Waals surface area contributed by atoms with Crippen molar-refractivity contribution < 1.29 is 43.8 Å². The molecule has 0 aliphatic heterocycles. The van der Waals surface area contributed by atoms with Crippen LogP contribution in [0.4, 0.5) is 0 Å². The van der Waals surface area contributed by atoms with Crippen molar-refractivity contribution >= 4 is 41.4 Å². The Morgan fingerprint density at radius 1 is 0.737 bits per heavy atom. The Kier molecular flexibility index (Phi) is 15.8. The summed E-state index contributed by atoms with van der Waals surface area (Å²) in [6.07, 6.45) is -0.0456. The van der Waals surface area contributed by atoms with Gasteiger partial charge in [0, 0.05) is 6.42 Å². The number of nitrogens with one attached hydrogen (secondary N) is 4. The standard InChI is InChI=1S/C21H38N8O9/c1-10(17(33)28-13(21(37)38)4-2-3-7-22)26-19(35)12(5-6-15(24)31)27-20(36)14(9-30)29-18(34)11(23)8-16(25)32/h10-14,30H,2-9,22-23H2,1H3,(H2,24,31)(H2,25,32)(H,26,35)(H,27,36)(H,28,33)(H,29,34)(H,37,38)/t10-,11-,12-,13-,14-/m0/s1. The number of carboxylic acids is 1. The Labute approximate surface area is 218 Å². The van der Waals surface area contributed by atoms with Crippen LogP contribution in [-0.4, -0.2) is 95.0 Å². The summed E-state index contributed by atoms with van der Waals surface area (Å²) in [6.45, 7) is 0.715. The number of amides is 6. The molecule has 0 spiro atoms. The average Bonchev–Trinajstić information content (AvgIpc) is 2.83. The van der Waals surface area contributed by atoms with Gasteiger partial charge in [0.2, 0.25) is 35.4 Å². The molecule has 0 fully saturated rings. The fourth-order valence-electron chi connectivity index (χ4n) is 3.04. The highest BCUT2D eigenvalue weighted by Crippen LogP contribution is 2.03. The second kappa shape index (κ2) is 17.6. The van der Waals surface area contributed by atoms with Gasteiger partial charge in [-0.1, -0.05) is 0 Å². The highest BCUT2D eigenvalue weighted by molar-refractivity contribution is 5.96. The van der Waals surface area contributed by atoms with Gasteiger partial charge in [0.05, 0.1) is 19.1 Å². The van der Waals surface area contributed by atoms with Crippen molar-refractivity contribution in [1.82, 2.24) is 21.3 Å². The quantitative estimate of drug-likeness (QED) is 0.0681. The number of rotatable bonds is 19. The number of aliphatic carboxylic acids is 1. The lowest BCUT2D eigenvalue weighted by atomic mass is 10.1. The molecule has 0 saturated heterocycles. The number of hydrogen-bond donors (Lipinski definition) is 10. The zero-order valence-electron chi connectivity index (χ0n) is 21.1. The van der Waals surface area contributed by atoms with Crippen LogP contribution in [0.1, 0.15) is 45.4 Å². The molecule has 0 radical (unpaired) electrons. The van der Waals surface area contributed by atoms with Crippen LogP contribution in [0.5, 0.6) is 0 Å². The van der Waals surface area contributed by atoms with E-state index >= 15 is 0 Å². The molecule has 17 nitrogen and oxygen atoms in total. The van der Waals surface area contributed by atoms with Crippen molar-refractivity contribution in [2.24, 2.45) is 22.9 Å². The number of carbonyl (C=O) groups is 7. The number of primary amides is 2. The van der Waals surface area contributed by atoms with Gasteiger partial charge in [0.15, 0.2) is 0 Å². The number of nitrogens with two attached hydrogens (primary N) is 4. The zero-order chi connectivity index (χ0) is 29.4. The zero-order valence-corrected chi connectivity index (χ0v) is 21.1. The van der Waals surface area contributed by atoms with E-state index in [2.05, 4.69) is 21.3 Å². The predicted molar refractivity (Wildman–Crippen MR) is 131 cm³/mol. The molecule has 14 N–H and O–H groups in total. The second-order valence-corrected chi connectivity index (χ2v) is 8.50. The third kappa shape index (κ3) is 13.5. The van der Waals surface area contributed by atoms with Gasteiger partial charge in [-0.2, -0.15) is 0 Å². The molecule has 0 aliphatic carbocycles. The topological polar surface area (TPSA) is 312 Å². The van der Waals surface area contributed by atoms with Crippen LogP contribution in [0.25, 0.3) is 0 Å². The van der Waals surface area contributed by atoms with E-state index in [1.54, 1.807) is 0 Å². The summed E-state index contributed by atoms with van der Waals surface area (Å²) in [5.41, 5.74) is 21.0. The molecule has 0 unspecified atom stereocenters. The molecule has 38 heavy (non-hydrogen) atoms. The molecule has 0 aromatic heterocycles. The minimum atomic E-state index is -1.59. The van der Waals surface area contributed by atoms with E-state index in [9.17, 15) is 43.8 Å². The summed E-state index contributed by atoms with van der Waals surface area (Å²) >= 11 is 0. The number of carboxylic acid groups (broad SMARTS) is 1. The molecule has 0 bridgehead atoms. The molecular weight excluding hydrogens is 508 g/mol. The summed E-state index contributed by atoms with van der Waals surface area (Å²) < 4.78 is 0. The van der Waals surface area contributed by atoms with Gasteiger partial charge >= 0.3 is 5.97 Å². The van der Waals surface area contributed by atoms with E-state index in [-0.39, 0.29) is 19.3 Å². The minimum absolute atomic E-state index is 0.119. The third-order valence-corrected chi connectivity index (χ3v) is 5.20. The molecule has 216 valence electrons. The molecule has 0 aromatic rings. The fourth-order valence-corrected chi connectivity index (χ4v) is 3.04. The smallest absolute Gasteiger partial charge is 0.326 e. The molecule has 0 aliphatic rings. The molecule has 6 amide bonds. The van der Waals surface area contributed by atoms with Crippen LogP contribution < -0.4 is 44.2 Å². The van der Waals surface area contributed by atoms with Gasteiger partial charge in [-0.25, -0.2) is 4.79 Å². The SMILES string of the molecule is C[C@H](NC(=O)[C@H](CCC(N)=O)NC(=O)[C@H](CO)NC(=O)[C@@H](N)CC(N)=O)C(=O)N[C@@H](CCCCN)C(=O)O. The van der Waals surface area contributed by atoms with Crippen molar-refractivity contribution in [1.29, 1.82) is 0 Å². The highest BCUT2D eigenvalue weighted by atomic mass is 16.4. The van der Waals surface area contributed by atoms with E-state index in [1.165, 1.54) is 6.92 Å². The molecule has 0 rings (SSSR count). The first kappa shape index (κ1) is 34.2. The molecular formula is C21H38N8O9. The maximum absolute atomic E-state index is 12.8. The summed E-state index contributed by atoms with van der Waals surface area (Å²) in [5, 5.41) is 27.8. The Balaban J connectivity index is 5.34. The van der Waals surface area contributed by atoms with Crippen molar-refractivity contribution in [3.63, 3.8) is 0 Å². The number of aliphatic hydroxyl groups excluding tert-OH is 1. The number of unbranched alkanes of at least 4 members (excludes halogenated alkanes) is 1. The van der Waals surface area contributed by atoms with Crippen LogP contribution in [0.2, 0.25) is 0 Å². The van der Waals surface area contributed by atoms with Crippen molar-refractivity contribution in [2.45, 2.75) is 75.7 Å². The van der Waals surface area contributed by atoms with E-state index in [0.717, 1.165) is 0 Å². The van der Waals surface area contributed by atoms with Gasteiger partial charge < -0.3 is 54.4 Å². The molecule has 0 aromatic carbocycles. The summed E-state index contributed by atoms with van der Waals surface area (Å²) in [6, 6.07) is -6.88. The Morgan fingerprint density at radius 2 is 1.29 bits per heavy atom. The van der Waals surface area contributed by atoms with Crippen molar-refractivity contribution in [3.05, 3.63) is 0 Å². The minimum Gasteiger partial charge on any atom is -0.480 e. The Bertz CT molecular complexity index is 870. The Hall–Kier alpha value is -3.83. The van der Waals surface area contributed by atoms with Crippen LogP contribution in [0.15, 0.2) is 0 Å². The highest BCUT2D eigenvalue weighted by Gasteiger charge is 2.30. The van der Waals surface area contributed by atoms with Crippen LogP contribution in [-0.2, 0) is 33.6 Å². The van der Waals surface area contributed by atoms with Crippen LogP contribution in [0.3, 0.4) is 0 Å². The van der Waals surface area contributed by atoms with E-state index < -0.39 is 84.6 Å². The molecule has 5 atom stereocenters. The first-order valence-corrected chi connectivity index (χ1v) is 11.8. The van der Waals surface area contributed by atoms with E-state index in [0.29, 0.717) is 19.4 Å². The van der Waals surface area contributed by atoms with E-state index in [4.69, 9.17) is 22.9 Å². The lowest BCUT2D eigenvalue weighted by Gasteiger charge is -2.24. The lowest BCUT2D eigenvalue weighted by molar-refractivity contribution is -0.142. The summed E-state index contributed by atoms with van der Waals surface area (Å²) in [7, 11) is 0. The third-order valence-electron chi connectivity index (χ3n) is 5.20. The number of carbonyl (C=O) groups excluding carboxylic acids is 6. The van der Waals surface area contributed by atoms with Gasteiger partial charge in [-0.15, -0.1) is 0 Å². The fraction of sp³-hybridized carbons (Fsp3) is 0.667. The van der Waals surface area contributed by atoms with Gasteiger partial charge in [-0.3, -0.25) is 28.8 Å². The average molecular weight is 547 g/mol. The first-order chi connectivity index (χ1) is 17.7. The second-order valence-electron chi connectivity index (χ2n) is 8.50. The largest absolute Gasteiger partial charge is 0.480 e. The maximum Gasteiger partial charge on any atom is 0.326 e. The normalized spacial score (nSPS) is 14.6. The van der Waals surface area contributed by atoms with Gasteiger partial charge in [0.1, 0.15) is 24.2 Å². The van der Waals surface area contributed by atoms with E-state index in [1.807, 2.05) is 0 Å². The number of hydrogen-bond acceptors (Lipinski definition) is 10. The Morgan fingerprint density at radius 3 is 1.79 bits per heavy atom. The van der Waals surface area contributed by atoms with Crippen molar-refractivity contribution in [3.8, 4) is 0 Å². The first-order valence-electron chi connectivity index (χ1n) is 11.8. The molecule has 0 saturated carbocycles. The molecule has 0 heterocycles. The van der Waals surface area contributed by atoms with Crippen molar-refractivity contribution in [2.75, 3.05) is 13.2 Å². The monoisotopic (exact) mass is 546 g/mol.